The molecule has 0 unspecified atom stereocenters. The number of aliphatic carboxylic acids is 1. The lowest BCUT2D eigenvalue weighted by Crippen LogP contribution is -2.45. The van der Waals surface area contributed by atoms with E-state index in [9.17, 15) is 24.3 Å². The average molecular weight is 481 g/mol. The molecule has 0 bridgehead atoms. The number of nitrogens with zero attached hydrogens (tertiary/aromatic N) is 1. The maximum atomic E-state index is 12.3. The zero-order valence-corrected chi connectivity index (χ0v) is 20.8. The number of hydrogen-bond donors (Lipinski definition) is 2. The number of carboxylic acids is 1. The van der Waals surface area contributed by atoms with Gasteiger partial charge in [0.15, 0.2) is 0 Å². The van der Waals surface area contributed by atoms with Gasteiger partial charge in [-0.25, -0.2) is 9.59 Å². The van der Waals surface area contributed by atoms with Crippen LogP contribution in [0.3, 0.4) is 0 Å². The molecular weight excluding hydrogens is 444 g/mol. The summed E-state index contributed by atoms with van der Waals surface area (Å²) >= 11 is 0. The molecule has 0 aliphatic carbocycles. The molecule has 34 heavy (non-hydrogen) atoms. The van der Waals surface area contributed by atoms with Crippen LogP contribution in [0.1, 0.15) is 53.5 Å². The lowest BCUT2D eigenvalue weighted by molar-refractivity contribution is -0.159. The van der Waals surface area contributed by atoms with Crippen molar-refractivity contribution < 1.29 is 38.5 Å². The van der Waals surface area contributed by atoms with Gasteiger partial charge in [0.1, 0.15) is 23.9 Å². The van der Waals surface area contributed by atoms with Crippen molar-refractivity contribution in [3.8, 4) is 0 Å². The molecule has 1 amide bonds. The van der Waals surface area contributed by atoms with E-state index in [0.29, 0.717) is 0 Å². The van der Waals surface area contributed by atoms with E-state index in [1.807, 2.05) is 6.07 Å². The Kier molecular flexibility index (Phi) is 11.0. The van der Waals surface area contributed by atoms with E-state index in [2.05, 4.69) is 5.32 Å². The number of nitrogens with one attached hydrogen (secondary N) is 1. The Labute approximate surface area is 200 Å². The lowest BCUT2D eigenvalue weighted by Gasteiger charge is -2.27. The monoisotopic (exact) mass is 480 g/mol. The van der Waals surface area contributed by atoms with Crippen LogP contribution in [0.15, 0.2) is 30.3 Å². The van der Waals surface area contributed by atoms with Gasteiger partial charge in [0, 0.05) is 6.54 Å². The second-order valence-electron chi connectivity index (χ2n) is 9.77. The minimum atomic E-state index is -1.29. The SMILES string of the molecule is CC(C)(C)OC(=O)CN(CC[C@H](NC(=O)OCc1ccccc1)C(=O)O)CC(=O)OC(C)(C)C. The number of carbonyl (C=O) groups is 4. The van der Waals surface area contributed by atoms with Crippen LogP contribution >= 0.6 is 0 Å². The number of hydrogen-bond acceptors (Lipinski definition) is 8. The first-order valence-electron chi connectivity index (χ1n) is 11.0. The van der Waals surface area contributed by atoms with Crippen LogP contribution in [-0.4, -0.2) is 70.9 Å². The van der Waals surface area contributed by atoms with Crippen molar-refractivity contribution in [2.75, 3.05) is 19.6 Å². The van der Waals surface area contributed by atoms with Crippen LogP contribution in [0, 0.1) is 0 Å². The summed E-state index contributed by atoms with van der Waals surface area (Å²) < 4.78 is 15.7. The average Bonchev–Trinajstić information content (AvgIpc) is 2.67. The predicted octanol–water partition coefficient (Wildman–Crippen LogP) is 2.74. The summed E-state index contributed by atoms with van der Waals surface area (Å²) in [5.74, 6) is -2.41. The number of carboxylic acid groups (broad SMARTS) is 1. The van der Waals surface area contributed by atoms with Crippen LogP contribution in [0.5, 0.6) is 0 Å². The minimum Gasteiger partial charge on any atom is -0.480 e. The van der Waals surface area contributed by atoms with E-state index in [0.717, 1.165) is 5.56 Å². The molecule has 1 atom stereocenters. The number of esters is 2. The summed E-state index contributed by atoms with van der Waals surface area (Å²) in [6.45, 7) is 9.80. The van der Waals surface area contributed by atoms with E-state index in [1.165, 1.54) is 4.90 Å². The smallest absolute Gasteiger partial charge is 0.408 e. The molecule has 0 radical (unpaired) electrons. The van der Waals surface area contributed by atoms with E-state index in [-0.39, 0.29) is 32.7 Å². The Morgan fingerprint density at radius 1 is 0.912 bits per heavy atom. The van der Waals surface area contributed by atoms with Gasteiger partial charge in [-0.2, -0.15) is 0 Å². The molecule has 10 heteroatoms. The van der Waals surface area contributed by atoms with Crippen molar-refractivity contribution in [3.05, 3.63) is 35.9 Å². The second-order valence-corrected chi connectivity index (χ2v) is 9.77. The number of carbonyl (C=O) groups excluding carboxylic acids is 3. The maximum Gasteiger partial charge on any atom is 0.408 e. The van der Waals surface area contributed by atoms with Crippen molar-refractivity contribution in [2.45, 2.75) is 71.8 Å². The van der Waals surface area contributed by atoms with Crippen molar-refractivity contribution in [2.24, 2.45) is 0 Å². The number of ether oxygens (including phenoxy) is 3. The van der Waals surface area contributed by atoms with Crippen molar-refractivity contribution in [3.63, 3.8) is 0 Å². The molecule has 1 aromatic rings. The highest BCUT2D eigenvalue weighted by molar-refractivity contribution is 5.80. The van der Waals surface area contributed by atoms with Crippen LogP contribution in [0.4, 0.5) is 4.79 Å². The van der Waals surface area contributed by atoms with Crippen molar-refractivity contribution >= 4 is 24.0 Å². The quantitative estimate of drug-likeness (QED) is 0.362. The lowest BCUT2D eigenvalue weighted by atomic mass is 10.2. The standard InChI is InChI=1S/C24H36N2O8/c1-23(2,3)33-19(27)14-26(15-20(28)34-24(4,5)6)13-12-18(21(29)30)25-22(31)32-16-17-10-8-7-9-11-17/h7-11,18H,12-16H2,1-6H3,(H,25,31)(H,29,30)/t18-/m0/s1. The zero-order valence-electron chi connectivity index (χ0n) is 20.8. The Morgan fingerprint density at radius 3 is 1.85 bits per heavy atom. The highest BCUT2D eigenvalue weighted by Gasteiger charge is 2.26. The van der Waals surface area contributed by atoms with E-state index < -0.39 is 41.2 Å². The number of rotatable bonds is 11. The van der Waals surface area contributed by atoms with E-state index >= 15 is 0 Å². The first-order chi connectivity index (χ1) is 15.6. The molecule has 0 aliphatic rings. The van der Waals surface area contributed by atoms with Crippen LogP contribution in [-0.2, 0) is 35.2 Å². The molecule has 0 fully saturated rings. The largest absolute Gasteiger partial charge is 0.480 e. The van der Waals surface area contributed by atoms with Gasteiger partial charge in [0.05, 0.1) is 13.1 Å². The van der Waals surface area contributed by atoms with E-state index in [1.54, 1.807) is 65.8 Å². The summed E-state index contributed by atoms with van der Waals surface area (Å²) in [5.41, 5.74) is -0.685. The van der Waals surface area contributed by atoms with Crippen LogP contribution in [0.2, 0.25) is 0 Å². The van der Waals surface area contributed by atoms with Gasteiger partial charge in [-0.3, -0.25) is 14.5 Å². The fraction of sp³-hybridized carbons (Fsp3) is 0.583. The summed E-state index contributed by atoms with van der Waals surface area (Å²) in [7, 11) is 0. The van der Waals surface area contributed by atoms with E-state index in [4.69, 9.17) is 14.2 Å². The molecule has 190 valence electrons. The zero-order chi connectivity index (χ0) is 25.9. The maximum absolute atomic E-state index is 12.3. The fourth-order valence-corrected chi connectivity index (χ4v) is 2.80. The molecule has 10 nitrogen and oxygen atoms in total. The molecule has 1 rings (SSSR count). The summed E-state index contributed by atoms with van der Waals surface area (Å²) in [5, 5.41) is 11.8. The third kappa shape index (κ3) is 13.4. The number of alkyl carbamates (subject to hydrolysis) is 1. The Morgan fingerprint density at radius 2 is 1.41 bits per heavy atom. The van der Waals surface area contributed by atoms with Gasteiger partial charge in [0.25, 0.3) is 0 Å². The first-order valence-corrected chi connectivity index (χ1v) is 11.0. The van der Waals surface area contributed by atoms with Gasteiger partial charge in [-0.1, -0.05) is 30.3 Å². The Balaban J connectivity index is 2.74. The molecule has 0 aliphatic heterocycles. The van der Waals surface area contributed by atoms with Gasteiger partial charge in [-0.05, 0) is 53.5 Å². The Hall–Kier alpha value is -3.14. The fourth-order valence-electron chi connectivity index (χ4n) is 2.80. The van der Waals surface area contributed by atoms with Gasteiger partial charge in [0.2, 0.25) is 0 Å². The third-order valence-corrected chi connectivity index (χ3v) is 4.08. The highest BCUT2D eigenvalue weighted by Crippen LogP contribution is 2.11. The molecule has 0 heterocycles. The minimum absolute atomic E-state index is 0.00835. The molecule has 0 aromatic heterocycles. The Bertz CT molecular complexity index is 798. The van der Waals surface area contributed by atoms with Crippen molar-refractivity contribution in [1.82, 2.24) is 10.2 Å². The molecule has 0 saturated carbocycles. The summed E-state index contributed by atoms with van der Waals surface area (Å²) in [6, 6.07) is 7.66. The molecule has 0 saturated heterocycles. The summed E-state index contributed by atoms with van der Waals surface area (Å²) in [6.07, 6.45) is -0.969. The van der Waals surface area contributed by atoms with Gasteiger partial charge >= 0.3 is 24.0 Å². The van der Waals surface area contributed by atoms with Crippen molar-refractivity contribution in [1.29, 1.82) is 0 Å². The van der Waals surface area contributed by atoms with Gasteiger partial charge < -0.3 is 24.6 Å². The molecular formula is C24H36N2O8. The van der Waals surface area contributed by atoms with Crippen LogP contribution < -0.4 is 5.32 Å². The topological polar surface area (TPSA) is 131 Å². The molecule has 0 spiro atoms. The van der Waals surface area contributed by atoms with Gasteiger partial charge in [-0.15, -0.1) is 0 Å². The highest BCUT2D eigenvalue weighted by atomic mass is 16.6. The predicted molar refractivity (Wildman–Crippen MR) is 124 cm³/mol. The normalized spacial score (nSPS) is 12.6. The number of benzene rings is 1. The third-order valence-electron chi connectivity index (χ3n) is 4.08. The second kappa shape index (κ2) is 12.9. The number of amides is 1. The van der Waals surface area contributed by atoms with Crippen LogP contribution in [0.25, 0.3) is 0 Å². The first kappa shape index (κ1) is 28.9. The molecule has 2 N–H and O–H groups in total. The molecule has 1 aromatic carbocycles. The summed E-state index contributed by atoms with van der Waals surface area (Å²) in [4.78, 5) is 49.8.